The van der Waals surface area contributed by atoms with Crippen molar-refractivity contribution >= 4 is 5.97 Å². The Balaban J connectivity index is 0.000000194. The van der Waals surface area contributed by atoms with E-state index < -0.39 is 24.5 Å². The van der Waals surface area contributed by atoms with Gasteiger partial charge in [0.15, 0.2) is 28.9 Å². The lowest BCUT2D eigenvalue weighted by Gasteiger charge is -2.08. The molecule has 0 bridgehead atoms. The number of esters is 1. The van der Waals surface area contributed by atoms with Crippen molar-refractivity contribution in [1.29, 1.82) is 10.5 Å². The van der Waals surface area contributed by atoms with E-state index in [0.717, 1.165) is 0 Å². The lowest BCUT2D eigenvalue weighted by atomic mass is 10.0. The van der Waals surface area contributed by atoms with Gasteiger partial charge in [-0.1, -0.05) is 12.1 Å². The Bertz CT molecular complexity index is 1140. The number of carbonyl (C=O) groups excluding carboxylic acids is 1. The summed E-state index contributed by atoms with van der Waals surface area (Å²) in [5.74, 6) is -2.32. The highest BCUT2D eigenvalue weighted by Gasteiger charge is 2.44. The van der Waals surface area contributed by atoms with E-state index in [4.69, 9.17) is 15.3 Å². The van der Waals surface area contributed by atoms with Gasteiger partial charge in [0.25, 0.3) is 0 Å². The Morgan fingerprint density at radius 1 is 0.939 bits per heavy atom. The van der Waals surface area contributed by atoms with Crippen LogP contribution in [0.4, 0.5) is 17.6 Å². The second kappa shape index (κ2) is 9.12. The molecule has 4 rings (SSSR count). The average Bonchev–Trinajstić information content (AvgIpc) is 3.21. The van der Waals surface area contributed by atoms with Crippen molar-refractivity contribution in [2.45, 2.75) is 31.9 Å². The zero-order valence-corrected chi connectivity index (χ0v) is 16.8. The number of alkyl halides is 4. The second-order valence-corrected chi connectivity index (χ2v) is 6.47. The molecule has 0 spiro atoms. The molecule has 172 valence electrons. The van der Waals surface area contributed by atoms with E-state index in [9.17, 15) is 22.4 Å². The van der Waals surface area contributed by atoms with Gasteiger partial charge in [-0.05, 0) is 42.3 Å². The summed E-state index contributed by atoms with van der Waals surface area (Å²) in [6, 6.07) is 11.7. The zero-order valence-electron chi connectivity index (χ0n) is 16.8. The molecule has 0 saturated heterocycles. The zero-order chi connectivity index (χ0) is 24.2. The van der Waals surface area contributed by atoms with Crippen molar-refractivity contribution < 1.29 is 46.0 Å². The minimum absolute atomic E-state index is 0.00307. The third-order valence-corrected chi connectivity index (χ3v) is 4.16. The number of hydrogen-bond donors (Lipinski definition) is 0. The van der Waals surface area contributed by atoms with Gasteiger partial charge in [-0.2, -0.15) is 10.5 Å². The summed E-state index contributed by atoms with van der Waals surface area (Å²) in [5.41, 5.74) is 0.827. The first-order valence-corrected chi connectivity index (χ1v) is 9.29. The lowest BCUT2D eigenvalue weighted by Crippen LogP contribution is -2.26. The molecule has 2 aliphatic rings. The summed E-state index contributed by atoms with van der Waals surface area (Å²) in [6.45, 7) is 1.73. The van der Waals surface area contributed by atoms with Crippen LogP contribution in [-0.2, 0) is 16.0 Å². The van der Waals surface area contributed by atoms with Crippen molar-refractivity contribution in [1.82, 2.24) is 0 Å². The van der Waals surface area contributed by atoms with Crippen LogP contribution in [0.3, 0.4) is 0 Å². The maximum Gasteiger partial charge on any atom is 0.586 e. The van der Waals surface area contributed by atoms with Gasteiger partial charge >= 0.3 is 18.6 Å². The van der Waals surface area contributed by atoms with E-state index in [1.165, 1.54) is 30.3 Å². The summed E-state index contributed by atoms with van der Waals surface area (Å²) < 4.78 is 72.4. The van der Waals surface area contributed by atoms with Crippen LogP contribution >= 0.6 is 0 Å². The van der Waals surface area contributed by atoms with Gasteiger partial charge < -0.3 is 23.7 Å². The molecule has 2 aliphatic heterocycles. The number of nitriles is 2. The molecule has 0 aromatic heterocycles. The van der Waals surface area contributed by atoms with Crippen molar-refractivity contribution in [3.63, 3.8) is 0 Å². The highest BCUT2D eigenvalue weighted by molar-refractivity contribution is 5.81. The predicted octanol–water partition coefficient (Wildman–Crippen LogP) is 4.25. The summed E-state index contributed by atoms with van der Waals surface area (Å²) in [4.78, 5) is 11.5. The standard InChI is InChI=1S/C12H9F2NO4.C9H5F2NO2/c1-2-17-11(16)8(6-15)7-3-4-9-10(5-7)19-12(13,14)18-9;10-9(11)13-7-2-1-6(3-4-12)5-8(7)14-9/h3-5,8H,2H2,1H3;1-2,5H,3H2. The third kappa shape index (κ3) is 5.54. The van der Waals surface area contributed by atoms with E-state index in [-0.39, 0.29) is 41.6 Å². The minimum Gasteiger partial charge on any atom is -0.465 e. The second-order valence-electron chi connectivity index (χ2n) is 6.47. The van der Waals surface area contributed by atoms with E-state index in [2.05, 4.69) is 18.9 Å². The smallest absolute Gasteiger partial charge is 0.465 e. The highest BCUT2D eigenvalue weighted by atomic mass is 19.3. The predicted molar refractivity (Wildman–Crippen MR) is 99.6 cm³/mol. The van der Waals surface area contributed by atoms with Crippen molar-refractivity contribution in [3.8, 4) is 35.1 Å². The van der Waals surface area contributed by atoms with Crippen LogP contribution in [0.2, 0.25) is 0 Å². The number of rotatable bonds is 4. The molecular formula is C21H14F4N2O6. The van der Waals surface area contributed by atoms with Crippen molar-refractivity contribution in [2.24, 2.45) is 0 Å². The number of carbonyl (C=O) groups is 1. The van der Waals surface area contributed by atoms with Crippen molar-refractivity contribution in [3.05, 3.63) is 47.5 Å². The lowest BCUT2D eigenvalue weighted by molar-refractivity contribution is -0.287. The Morgan fingerprint density at radius 3 is 2.03 bits per heavy atom. The molecule has 2 aromatic carbocycles. The Morgan fingerprint density at radius 2 is 1.48 bits per heavy atom. The molecule has 8 nitrogen and oxygen atoms in total. The molecule has 1 unspecified atom stereocenters. The van der Waals surface area contributed by atoms with Crippen LogP contribution in [-0.4, -0.2) is 25.2 Å². The fourth-order valence-electron chi connectivity index (χ4n) is 2.83. The molecule has 2 aromatic rings. The van der Waals surface area contributed by atoms with Gasteiger partial charge in [0.05, 0.1) is 25.2 Å². The fourth-order valence-corrected chi connectivity index (χ4v) is 2.83. The number of fused-ring (bicyclic) bond motifs is 2. The summed E-state index contributed by atoms with van der Waals surface area (Å²) in [5, 5.41) is 17.4. The number of hydrogen-bond acceptors (Lipinski definition) is 8. The first-order valence-electron chi connectivity index (χ1n) is 9.29. The molecule has 0 aliphatic carbocycles. The van der Waals surface area contributed by atoms with Crippen LogP contribution in [0, 0.1) is 22.7 Å². The Labute approximate surface area is 184 Å². The molecule has 0 saturated carbocycles. The molecule has 0 fully saturated rings. The van der Waals surface area contributed by atoms with E-state index >= 15 is 0 Å². The van der Waals surface area contributed by atoms with Crippen LogP contribution in [0.15, 0.2) is 36.4 Å². The van der Waals surface area contributed by atoms with E-state index in [1.54, 1.807) is 19.1 Å². The minimum atomic E-state index is -3.73. The van der Waals surface area contributed by atoms with Gasteiger partial charge in [0, 0.05) is 0 Å². The molecular weight excluding hydrogens is 452 g/mol. The quantitative estimate of drug-likeness (QED) is 0.486. The normalized spacial score (nSPS) is 16.5. The van der Waals surface area contributed by atoms with Gasteiger partial charge in [0.2, 0.25) is 0 Å². The molecule has 0 radical (unpaired) electrons. The van der Waals surface area contributed by atoms with Crippen LogP contribution in [0.5, 0.6) is 23.0 Å². The van der Waals surface area contributed by atoms with E-state index in [0.29, 0.717) is 5.56 Å². The van der Waals surface area contributed by atoms with E-state index in [1.807, 2.05) is 6.07 Å². The number of nitrogens with zero attached hydrogens (tertiary/aromatic N) is 2. The summed E-state index contributed by atoms with van der Waals surface area (Å²) in [7, 11) is 0. The first-order chi connectivity index (χ1) is 15.6. The number of halogens is 4. The fraction of sp³-hybridized carbons (Fsp3) is 0.286. The Kier molecular flexibility index (Phi) is 6.49. The van der Waals surface area contributed by atoms with Crippen molar-refractivity contribution in [2.75, 3.05) is 6.61 Å². The molecule has 0 amide bonds. The van der Waals surface area contributed by atoms with Gasteiger partial charge in [-0.25, -0.2) is 0 Å². The maximum absolute atomic E-state index is 12.8. The number of ether oxygens (including phenoxy) is 5. The SMILES string of the molecule is CCOC(=O)C(C#N)c1ccc2c(c1)OC(F)(F)O2.N#CCc1ccc2c(c1)OC(F)(F)O2. The molecule has 33 heavy (non-hydrogen) atoms. The van der Waals surface area contributed by atoms with Crippen LogP contribution < -0.4 is 18.9 Å². The molecule has 0 N–H and O–H groups in total. The Hall–Kier alpha value is -4.19. The maximum atomic E-state index is 12.8. The number of benzene rings is 2. The summed E-state index contributed by atoms with van der Waals surface area (Å²) >= 11 is 0. The van der Waals surface area contributed by atoms with Crippen LogP contribution in [0.1, 0.15) is 24.0 Å². The molecule has 1 atom stereocenters. The monoisotopic (exact) mass is 466 g/mol. The first kappa shape index (κ1) is 23.5. The van der Waals surface area contributed by atoms with Gasteiger partial charge in [-0.3, -0.25) is 4.79 Å². The largest absolute Gasteiger partial charge is 0.586 e. The highest BCUT2D eigenvalue weighted by Crippen LogP contribution is 2.42. The van der Waals surface area contributed by atoms with Crippen LogP contribution in [0.25, 0.3) is 0 Å². The van der Waals surface area contributed by atoms with Gasteiger partial charge in [-0.15, -0.1) is 17.6 Å². The van der Waals surface area contributed by atoms with Gasteiger partial charge in [0.1, 0.15) is 0 Å². The third-order valence-electron chi connectivity index (χ3n) is 4.16. The summed E-state index contributed by atoms with van der Waals surface area (Å²) in [6.07, 6.45) is -7.16. The molecule has 2 heterocycles. The molecule has 12 heteroatoms. The average molecular weight is 466 g/mol. The topological polar surface area (TPSA) is 111 Å².